The summed E-state index contributed by atoms with van der Waals surface area (Å²) in [6.45, 7) is 5.03. The van der Waals surface area contributed by atoms with E-state index in [4.69, 9.17) is 0 Å². The van der Waals surface area contributed by atoms with Crippen LogP contribution < -0.4 is 0 Å². The number of fused-ring (bicyclic) bond motifs is 6. The van der Waals surface area contributed by atoms with Gasteiger partial charge in [-0.25, -0.2) is 0 Å². The van der Waals surface area contributed by atoms with Gasteiger partial charge in [-0.3, -0.25) is 0 Å². The molecule has 1 saturated carbocycles. The molecule has 3 atom stereocenters. The van der Waals surface area contributed by atoms with Crippen molar-refractivity contribution in [1.29, 1.82) is 0 Å². The number of nitrogens with zero attached hydrogens (tertiary/aromatic N) is 1. The van der Waals surface area contributed by atoms with Gasteiger partial charge in [0, 0.05) is 46.7 Å². The van der Waals surface area contributed by atoms with Crippen LogP contribution in [0.15, 0.2) is 54.7 Å². The van der Waals surface area contributed by atoms with Crippen molar-refractivity contribution >= 4 is 21.8 Å². The number of para-hydroxylation sites is 2. The average Bonchev–Trinajstić information content (AvgIpc) is 3.34. The summed E-state index contributed by atoms with van der Waals surface area (Å²) in [6, 6.07) is 17.9. The Kier molecular flexibility index (Phi) is 3.25. The lowest BCUT2D eigenvalue weighted by molar-refractivity contribution is 0.112. The first kappa shape index (κ1) is 16.5. The molecule has 2 aromatic carbocycles. The Morgan fingerprint density at radius 2 is 1.75 bits per heavy atom. The number of hydrogen-bond acceptors (Lipinski definition) is 0. The fourth-order valence-electron chi connectivity index (χ4n) is 6.75. The van der Waals surface area contributed by atoms with Crippen LogP contribution in [-0.2, 0) is 7.05 Å². The maximum Gasteiger partial charge on any atom is 0.0483 e. The van der Waals surface area contributed by atoms with Crippen molar-refractivity contribution in [2.45, 2.75) is 44.9 Å². The minimum atomic E-state index is 0.353. The quantitative estimate of drug-likeness (QED) is 0.385. The molecule has 2 heteroatoms. The molecule has 6 rings (SSSR count). The van der Waals surface area contributed by atoms with E-state index in [-0.39, 0.29) is 0 Å². The van der Waals surface area contributed by atoms with E-state index in [1.165, 1.54) is 46.6 Å². The Hall–Kier alpha value is -2.48. The molecule has 142 valence electrons. The normalized spacial score (nSPS) is 25.9. The van der Waals surface area contributed by atoms with Gasteiger partial charge in [0.15, 0.2) is 0 Å². The molecule has 0 amide bonds. The van der Waals surface area contributed by atoms with Gasteiger partial charge in [-0.2, -0.15) is 0 Å². The zero-order chi connectivity index (χ0) is 19.0. The molecule has 0 radical (unpaired) electrons. The van der Waals surface area contributed by atoms with Crippen LogP contribution >= 0.6 is 0 Å². The third kappa shape index (κ3) is 1.98. The number of rotatable bonds is 1. The van der Waals surface area contributed by atoms with E-state index in [1.807, 2.05) is 0 Å². The van der Waals surface area contributed by atoms with Gasteiger partial charge in [-0.15, -0.1) is 0 Å². The maximum atomic E-state index is 3.56. The van der Waals surface area contributed by atoms with Crippen LogP contribution in [0.25, 0.3) is 21.8 Å². The monoisotopic (exact) mass is 368 g/mol. The highest BCUT2D eigenvalue weighted by molar-refractivity contribution is 5.90. The van der Waals surface area contributed by atoms with E-state index in [2.05, 4.69) is 85.2 Å². The maximum absolute atomic E-state index is 3.56. The summed E-state index contributed by atoms with van der Waals surface area (Å²) in [5.74, 6) is 1.80. The van der Waals surface area contributed by atoms with Crippen molar-refractivity contribution in [3.05, 3.63) is 71.5 Å². The molecule has 2 nitrogen and oxygen atoms in total. The van der Waals surface area contributed by atoms with E-state index < -0.39 is 0 Å². The van der Waals surface area contributed by atoms with E-state index in [0.29, 0.717) is 23.2 Å². The van der Waals surface area contributed by atoms with Crippen LogP contribution in [0, 0.1) is 11.3 Å². The SMILES string of the molecule is Cn1c2c(c3ccccc31)[C@@H]1CCCC(C)(C)[C@@H]1[C@H]2c1c[nH]c2ccccc12. The Balaban J connectivity index is 1.69. The highest BCUT2D eigenvalue weighted by Gasteiger charge is 2.52. The van der Waals surface area contributed by atoms with Crippen LogP contribution in [0.5, 0.6) is 0 Å². The largest absolute Gasteiger partial charge is 0.361 e. The van der Waals surface area contributed by atoms with Gasteiger partial charge >= 0.3 is 0 Å². The highest BCUT2D eigenvalue weighted by Crippen LogP contribution is 2.63. The molecule has 0 bridgehead atoms. The Morgan fingerprint density at radius 3 is 2.61 bits per heavy atom. The number of aryl methyl sites for hydroxylation is 1. The van der Waals surface area contributed by atoms with Crippen molar-refractivity contribution in [3.63, 3.8) is 0 Å². The van der Waals surface area contributed by atoms with Crippen molar-refractivity contribution in [2.24, 2.45) is 18.4 Å². The molecule has 28 heavy (non-hydrogen) atoms. The third-order valence-corrected chi connectivity index (χ3v) is 7.85. The van der Waals surface area contributed by atoms with Gasteiger partial charge in [-0.05, 0) is 53.4 Å². The molecule has 0 aliphatic heterocycles. The van der Waals surface area contributed by atoms with Crippen molar-refractivity contribution in [1.82, 2.24) is 9.55 Å². The molecule has 0 spiro atoms. The predicted molar refractivity (Wildman–Crippen MR) is 117 cm³/mol. The first-order chi connectivity index (χ1) is 13.6. The topological polar surface area (TPSA) is 20.7 Å². The van der Waals surface area contributed by atoms with Gasteiger partial charge in [0.05, 0.1) is 0 Å². The second kappa shape index (κ2) is 5.53. The Labute approximate surface area is 166 Å². The standard InChI is InChI=1S/C26H28N2/c1-26(2)14-8-11-18-22-17-10-5-7-13-21(17)28(3)25(22)23(24(18)26)19-15-27-20-12-6-4-9-16(19)20/h4-7,9-10,12-13,15,18,23-24,27H,8,11,14H2,1-3H3/t18-,23+,24-/m0/s1. The van der Waals surface area contributed by atoms with Crippen molar-refractivity contribution in [2.75, 3.05) is 0 Å². The molecule has 2 aliphatic carbocycles. The second-order valence-corrected chi connectivity index (χ2v) is 9.66. The van der Waals surface area contributed by atoms with E-state index >= 15 is 0 Å². The van der Waals surface area contributed by atoms with Crippen LogP contribution in [0.4, 0.5) is 0 Å². The summed E-state index contributed by atoms with van der Waals surface area (Å²) < 4.78 is 2.51. The second-order valence-electron chi connectivity index (χ2n) is 9.66. The van der Waals surface area contributed by atoms with Gasteiger partial charge in [0.25, 0.3) is 0 Å². The summed E-state index contributed by atoms with van der Waals surface area (Å²) in [7, 11) is 2.29. The van der Waals surface area contributed by atoms with Crippen molar-refractivity contribution in [3.8, 4) is 0 Å². The molecule has 2 heterocycles. The summed E-state index contributed by atoms with van der Waals surface area (Å²) >= 11 is 0. The Bertz CT molecular complexity index is 1210. The van der Waals surface area contributed by atoms with Crippen LogP contribution in [-0.4, -0.2) is 9.55 Å². The fourth-order valence-corrected chi connectivity index (χ4v) is 6.75. The van der Waals surface area contributed by atoms with Gasteiger partial charge in [-0.1, -0.05) is 56.7 Å². The van der Waals surface area contributed by atoms with Gasteiger partial charge in [0.1, 0.15) is 0 Å². The average molecular weight is 369 g/mol. The van der Waals surface area contributed by atoms with Crippen LogP contribution in [0.2, 0.25) is 0 Å². The van der Waals surface area contributed by atoms with E-state index in [1.54, 1.807) is 11.3 Å². The van der Waals surface area contributed by atoms with Crippen LogP contribution in [0.3, 0.4) is 0 Å². The zero-order valence-electron chi connectivity index (χ0n) is 17.0. The summed E-state index contributed by atoms with van der Waals surface area (Å²) in [4.78, 5) is 3.56. The lowest BCUT2D eigenvalue weighted by Gasteiger charge is -2.44. The number of aromatic amines is 1. The summed E-state index contributed by atoms with van der Waals surface area (Å²) in [5.41, 5.74) is 7.70. The minimum Gasteiger partial charge on any atom is -0.361 e. The first-order valence-corrected chi connectivity index (χ1v) is 10.7. The van der Waals surface area contributed by atoms with E-state index in [9.17, 15) is 0 Å². The third-order valence-electron chi connectivity index (χ3n) is 7.85. The zero-order valence-corrected chi connectivity index (χ0v) is 17.0. The van der Waals surface area contributed by atoms with Gasteiger partial charge in [0.2, 0.25) is 0 Å². The lowest BCUT2D eigenvalue weighted by Crippen LogP contribution is -2.34. The van der Waals surface area contributed by atoms with Gasteiger partial charge < -0.3 is 9.55 Å². The molecular weight excluding hydrogens is 340 g/mol. The number of hydrogen-bond donors (Lipinski definition) is 1. The molecule has 1 N–H and O–H groups in total. The molecule has 4 aromatic rings. The molecule has 0 saturated heterocycles. The molecule has 2 aromatic heterocycles. The first-order valence-electron chi connectivity index (χ1n) is 10.7. The molecule has 2 aliphatic rings. The number of nitrogens with one attached hydrogen (secondary N) is 1. The number of benzene rings is 2. The Morgan fingerprint density at radius 1 is 1.00 bits per heavy atom. The summed E-state index contributed by atoms with van der Waals surface area (Å²) in [5, 5.41) is 2.88. The predicted octanol–water partition coefficient (Wildman–Crippen LogP) is 6.72. The molecule has 0 unspecified atom stereocenters. The molecular formula is C26H28N2. The molecule has 1 fully saturated rings. The number of H-pyrrole nitrogens is 1. The minimum absolute atomic E-state index is 0.353. The van der Waals surface area contributed by atoms with Crippen LogP contribution in [0.1, 0.15) is 61.8 Å². The summed E-state index contributed by atoms with van der Waals surface area (Å²) in [6.07, 6.45) is 6.30. The highest BCUT2D eigenvalue weighted by atomic mass is 15.0. The smallest absolute Gasteiger partial charge is 0.0483 e. The fraction of sp³-hybridized carbons (Fsp3) is 0.385. The lowest BCUT2D eigenvalue weighted by atomic mass is 9.60. The van der Waals surface area contributed by atoms with Crippen molar-refractivity contribution < 1.29 is 0 Å². The number of aromatic nitrogens is 2. The van der Waals surface area contributed by atoms with E-state index in [0.717, 1.165) is 0 Å².